The standard InChI is InChI=1S/C12H18F3N3S.ClH/c1-16-6-9-2-4-18(5-3-9)8-11-17-7-10(19-11)12(13,14)15;/h7,9,16H,2-6,8H2,1H3;1H. The predicted octanol–water partition coefficient (Wildman–Crippen LogP) is 3.02. The van der Waals surface area contributed by atoms with Crippen molar-refractivity contribution < 1.29 is 13.2 Å². The van der Waals surface area contributed by atoms with E-state index in [0.717, 1.165) is 50.0 Å². The zero-order valence-electron chi connectivity index (χ0n) is 11.2. The van der Waals surface area contributed by atoms with Crippen LogP contribution >= 0.6 is 23.7 Å². The van der Waals surface area contributed by atoms with Crippen LogP contribution in [0.4, 0.5) is 13.2 Å². The van der Waals surface area contributed by atoms with E-state index in [4.69, 9.17) is 0 Å². The number of halogens is 4. The number of thiazole rings is 1. The number of nitrogens with zero attached hydrogens (tertiary/aromatic N) is 2. The molecule has 1 N–H and O–H groups in total. The molecule has 8 heteroatoms. The number of hydrogen-bond acceptors (Lipinski definition) is 4. The monoisotopic (exact) mass is 329 g/mol. The van der Waals surface area contributed by atoms with Crippen LogP contribution in [0.25, 0.3) is 0 Å². The second-order valence-corrected chi connectivity index (χ2v) is 6.01. The van der Waals surface area contributed by atoms with E-state index in [1.807, 2.05) is 7.05 Å². The van der Waals surface area contributed by atoms with E-state index < -0.39 is 11.1 Å². The van der Waals surface area contributed by atoms with Gasteiger partial charge in [-0.3, -0.25) is 4.90 Å². The molecule has 20 heavy (non-hydrogen) atoms. The fraction of sp³-hybridized carbons (Fsp3) is 0.750. The van der Waals surface area contributed by atoms with Gasteiger partial charge in [-0.1, -0.05) is 0 Å². The summed E-state index contributed by atoms with van der Waals surface area (Å²) in [6.07, 6.45) is -1.14. The first-order valence-corrected chi connectivity index (χ1v) is 7.19. The summed E-state index contributed by atoms with van der Waals surface area (Å²) in [5, 5.41) is 3.72. The second-order valence-electron chi connectivity index (χ2n) is 4.89. The number of rotatable bonds is 4. The summed E-state index contributed by atoms with van der Waals surface area (Å²) in [4.78, 5) is 5.46. The van der Waals surface area contributed by atoms with E-state index >= 15 is 0 Å². The van der Waals surface area contributed by atoms with Crippen molar-refractivity contribution in [1.82, 2.24) is 15.2 Å². The molecule has 2 heterocycles. The average Bonchev–Trinajstić information content (AvgIpc) is 2.80. The number of alkyl halides is 3. The van der Waals surface area contributed by atoms with E-state index in [9.17, 15) is 13.2 Å². The Hall–Kier alpha value is -0.370. The summed E-state index contributed by atoms with van der Waals surface area (Å²) in [6, 6.07) is 0. The summed E-state index contributed by atoms with van der Waals surface area (Å²) >= 11 is 0.754. The van der Waals surface area contributed by atoms with Gasteiger partial charge in [-0.15, -0.1) is 23.7 Å². The van der Waals surface area contributed by atoms with Gasteiger partial charge in [0, 0.05) is 0 Å². The average molecular weight is 330 g/mol. The van der Waals surface area contributed by atoms with Gasteiger partial charge < -0.3 is 5.32 Å². The third-order valence-corrected chi connectivity index (χ3v) is 4.42. The normalized spacial score (nSPS) is 18.0. The molecule has 0 atom stereocenters. The van der Waals surface area contributed by atoms with Gasteiger partial charge >= 0.3 is 6.18 Å². The molecular formula is C12H19ClF3N3S. The first-order valence-electron chi connectivity index (χ1n) is 6.38. The van der Waals surface area contributed by atoms with Crippen LogP contribution in [0.1, 0.15) is 22.7 Å². The predicted molar refractivity (Wildman–Crippen MR) is 76.3 cm³/mol. The molecule has 0 unspecified atom stereocenters. The molecule has 0 radical (unpaired) electrons. The van der Waals surface area contributed by atoms with Crippen LogP contribution in [-0.2, 0) is 12.7 Å². The lowest BCUT2D eigenvalue weighted by molar-refractivity contribution is -0.134. The number of aromatic nitrogens is 1. The quantitative estimate of drug-likeness (QED) is 0.920. The molecule has 0 amide bonds. The van der Waals surface area contributed by atoms with Crippen molar-refractivity contribution in [2.24, 2.45) is 5.92 Å². The molecule has 2 rings (SSSR count). The largest absolute Gasteiger partial charge is 0.427 e. The van der Waals surface area contributed by atoms with Crippen molar-refractivity contribution in [3.8, 4) is 0 Å². The molecule has 1 aromatic heterocycles. The van der Waals surface area contributed by atoms with Crippen LogP contribution in [0, 0.1) is 5.92 Å². The van der Waals surface area contributed by atoms with Gasteiger partial charge in [0.05, 0.1) is 12.7 Å². The summed E-state index contributed by atoms with van der Waals surface area (Å²) < 4.78 is 37.4. The van der Waals surface area contributed by atoms with Gasteiger partial charge in [-0.05, 0) is 45.4 Å². The van der Waals surface area contributed by atoms with Crippen LogP contribution in [0.15, 0.2) is 6.20 Å². The Morgan fingerprint density at radius 2 is 2.05 bits per heavy atom. The molecule has 0 spiro atoms. The van der Waals surface area contributed by atoms with E-state index in [1.165, 1.54) is 0 Å². The van der Waals surface area contributed by atoms with Crippen LogP contribution in [-0.4, -0.2) is 36.6 Å². The van der Waals surface area contributed by atoms with Crippen molar-refractivity contribution >= 4 is 23.7 Å². The Balaban J connectivity index is 0.00000200. The minimum atomic E-state index is -4.27. The number of nitrogens with one attached hydrogen (secondary N) is 1. The second kappa shape index (κ2) is 7.59. The van der Waals surface area contributed by atoms with Gasteiger partial charge in [0.1, 0.15) is 9.88 Å². The van der Waals surface area contributed by atoms with Crippen molar-refractivity contribution in [1.29, 1.82) is 0 Å². The van der Waals surface area contributed by atoms with Crippen LogP contribution < -0.4 is 5.32 Å². The summed E-state index contributed by atoms with van der Waals surface area (Å²) in [5.41, 5.74) is 0. The fourth-order valence-corrected chi connectivity index (χ4v) is 3.17. The molecule has 1 fully saturated rings. The van der Waals surface area contributed by atoms with E-state index in [2.05, 4.69) is 15.2 Å². The maximum atomic E-state index is 12.5. The van der Waals surface area contributed by atoms with Gasteiger partial charge in [0.15, 0.2) is 0 Å². The topological polar surface area (TPSA) is 28.2 Å². The highest BCUT2D eigenvalue weighted by Crippen LogP contribution is 2.33. The zero-order valence-corrected chi connectivity index (χ0v) is 12.9. The van der Waals surface area contributed by atoms with Gasteiger partial charge in [-0.2, -0.15) is 13.2 Å². The van der Waals surface area contributed by atoms with E-state index in [0.29, 0.717) is 17.5 Å². The zero-order chi connectivity index (χ0) is 13.9. The van der Waals surface area contributed by atoms with Crippen molar-refractivity contribution in [2.75, 3.05) is 26.7 Å². The Labute approximate surface area is 127 Å². The summed E-state index contributed by atoms with van der Waals surface area (Å²) in [7, 11) is 1.95. The van der Waals surface area contributed by atoms with Gasteiger partial charge in [-0.25, -0.2) is 4.98 Å². The minimum Gasteiger partial charge on any atom is -0.319 e. The highest BCUT2D eigenvalue weighted by Gasteiger charge is 2.33. The molecule has 116 valence electrons. The molecule has 0 saturated carbocycles. The van der Waals surface area contributed by atoms with Crippen LogP contribution in [0.2, 0.25) is 0 Å². The highest BCUT2D eigenvalue weighted by atomic mass is 35.5. The van der Waals surface area contributed by atoms with Crippen molar-refractivity contribution in [2.45, 2.75) is 25.6 Å². The molecule has 1 aliphatic rings. The SMILES string of the molecule is CNCC1CCN(Cc2ncc(C(F)(F)F)s2)CC1.Cl. The van der Waals surface area contributed by atoms with Crippen LogP contribution in [0.3, 0.4) is 0 Å². The number of hydrogen-bond donors (Lipinski definition) is 1. The maximum Gasteiger partial charge on any atom is 0.427 e. The third-order valence-electron chi connectivity index (χ3n) is 3.39. The first kappa shape index (κ1) is 17.7. The molecule has 0 aliphatic carbocycles. The van der Waals surface area contributed by atoms with Gasteiger partial charge in [0.2, 0.25) is 0 Å². The summed E-state index contributed by atoms with van der Waals surface area (Å²) in [6.45, 7) is 3.43. The third kappa shape index (κ3) is 4.87. The van der Waals surface area contributed by atoms with Crippen LogP contribution in [0.5, 0.6) is 0 Å². The highest BCUT2D eigenvalue weighted by molar-refractivity contribution is 7.11. The maximum absolute atomic E-state index is 12.5. The Bertz CT molecular complexity index is 403. The number of likely N-dealkylation sites (tertiary alicyclic amines) is 1. The van der Waals surface area contributed by atoms with Crippen molar-refractivity contribution in [3.05, 3.63) is 16.1 Å². The lowest BCUT2D eigenvalue weighted by Crippen LogP contribution is -2.36. The molecule has 3 nitrogen and oxygen atoms in total. The van der Waals surface area contributed by atoms with Gasteiger partial charge in [0.25, 0.3) is 0 Å². The molecule has 0 aromatic carbocycles. The minimum absolute atomic E-state index is 0. The molecule has 1 aliphatic heterocycles. The van der Waals surface area contributed by atoms with E-state index in [-0.39, 0.29) is 12.4 Å². The molecule has 0 bridgehead atoms. The molecule has 1 aromatic rings. The molecular weight excluding hydrogens is 311 g/mol. The summed E-state index contributed by atoms with van der Waals surface area (Å²) in [5.74, 6) is 0.684. The molecule has 1 saturated heterocycles. The number of piperidine rings is 1. The first-order chi connectivity index (χ1) is 8.99. The Morgan fingerprint density at radius 3 is 2.55 bits per heavy atom. The smallest absolute Gasteiger partial charge is 0.319 e. The van der Waals surface area contributed by atoms with Crippen molar-refractivity contribution in [3.63, 3.8) is 0 Å². The fourth-order valence-electron chi connectivity index (χ4n) is 2.34. The van der Waals surface area contributed by atoms with E-state index in [1.54, 1.807) is 0 Å². The Morgan fingerprint density at radius 1 is 1.40 bits per heavy atom. The lowest BCUT2D eigenvalue weighted by Gasteiger charge is -2.31. The lowest BCUT2D eigenvalue weighted by atomic mass is 9.97. The Kier molecular flexibility index (Phi) is 6.71.